The third kappa shape index (κ3) is 2.34. The molecule has 1 heterocycles. The molecule has 2 rings (SSSR count). The van der Waals surface area contributed by atoms with E-state index in [0.29, 0.717) is 11.1 Å². The summed E-state index contributed by atoms with van der Waals surface area (Å²) in [5.41, 5.74) is 0.00680. The Balaban J connectivity index is 2.52. The Morgan fingerprint density at radius 2 is 1.83 bits per heavy atom. The van der Waals surface area contributed by atoms with Gasteiger partial charge in [-0.15, -0.1) is 0 Å². The fraction of sp³-hybridized carbons (Fsp3) is 0.154. The summed E-state index contributed by atoms with van der Waals surface area (Å²) in [5, 5.41) is 0. The highest BCUT2D eigenvalue weighted by molar-refractivity contribution is 5.64. The third-order valence-electron chi connectivity index (χ3n) is 2.57. The molecule has 0 spiro atoms. The third-order valence-corrected chi connectivity index (χ3v) is 2.57. The van der Waals surface area contributed by atoms with Gasteiger partial charge in [0, 0.05) is 11.8 Å². The Bertz CT molecular complexity index is 575. The molecule has 1 nitrogen and oxygen atoms in total. The smallest absolute Gasteiger partial charge is 0.253 e. The van der Waals surface area contributed by atoms with Crippen LogP contribution < -0.4 is 0 Å². The summed E-state index contributed by atoms with van der Waals surface area (Å²) >= 11 is 0. The number of pyridine rings is 1. The summed E-state index contributed by atoms with van der Waals surface area (Å²) in [7, 11) is 0. The lowest BCUT2D eigenvalue weighted by Crippen LogP contribution is -2.05. The van der Waals surface area contributed by atoms with Crippen molar-refractivity contribution in [2.24, 2.45) is 0 Å². The number of benzene rings is 1. The number of nitrogens with zero attached hydrogens (tertiary/aromatic N) is 1. The van der Waals surface area contributed by atoms with Gasteiger partial charge in [-0.3, -0.25) is 4.98 Å². The minimum atomic E-state index is -4.40. The van der Waals surface area contributed by atoms with E-state index in [1.165, 1.54) is 31.3 Å². The van der Waals surface area contributed by atoms with Crippen molar-refractivity contribution < 1.29 is 17.6 Å². The highest BCUT2D eigenvalue weighted by atomic mass is 19.4. The topological polar surface area (TPSA) is 12.9 Å². The van der Waals surface area contributed by atoms with Crippen molar-refractivity contribution in [2.75, 3.05) is 0 Å². The first-order valence-corrected chi connectivity index (χ1v) is 5.18. The van der Waals surface area contributed by atoms with E-state index in [4.69, 9.17) is 0 Å². The molecule has 18 heavy (non-hydrogen) atoms. The van der Waals surface area contributed by atoms with Crippen LogP contribution in [0.1, 0.15) is 11.1 Å². The van der Waals surface area contributed by atoms with Gasteiger partial charge in [0.05, 0.1) is 5.56 Å². The molecular weight excluding hydrogens is 246 g/mol. The fourth-order valence-electron chi connectivity index (χ4n) is 1.69. The molecule has 0 unspecified atom stereocenters. The zero-order valence-electron chi connectivity index (χ0n) is 9.42. The van der Waals surface area contributed by atoms with E-state index in [1.807, 2.05) is 0 Å². The number of halogens is 4. The Hall–Kier alpha value is -1.91. The summed E-state index contributed by atoms with van der Waals surface area (Å²) in [5.74, 6) is -0.555. The molecule has 0 N–H and O–H groups in total. The molecule has 5 heteroatoms. The van der Waals surface area contributed by atoms with Crippen molar-refractivity contribution in [2.45, 2.75) is 13.1 Å². The second-order valence-electron chi connectivity index (χ2n) is 3.86. The highest BCUT2D eigenvalue weighted by Gasteiger charge is 2.30. The van der Waals surface area contributed by atoms with Crippen LogP contribution in [0.25, 0.3) is 11.3 Å². The Labute approximate surface area is 101 Å². The maximum Gasteiger partial charge on any atom is 0.416 e. The first-order chi connectivity index (χ1) is 8.39. The first-order valence-electron chi connectivity index (χ1n) is 5.18. The lowest BCUT2D eigenvalue weighted by atomic mass is 10.0. The SMILES string of the molecule is Cc1cc(C(F)(F)F)ccc1-c1ncccc1F. The van der Waals surface area contributed by atoms with Crippen LogP contribution in [0.5, 0.6) is 0 Å². The molecule has 0 fully saturated rings. The summed E-state index contributed by atoms with van der Waals surface area (Å²) < 4.78 is 51.0. The molecule has 1 aromatic carbocycles. The fourth-order valence-corrected chi connectivity index (χ4v) is 1.69. The number of hydrogen-bond donors (Lipinski definition) is 0. The van der Waals surface area contributed by atoms with Gasteiger partial charge in [-0.2, -0.15) is 13.2 Å². The van der Waals surface area contributed by atoms with Crippen LogP contribution in [0.3, 0.4) is 0 Å². The van der Waals surface area contributed by atoms with Gasteiger partial charge in [0.2, 0.25) is 0 Å². The van der Waals surface area contributed by atoms with Crippen LogP contribution in [-0.4, -0.2) is 4.98 Å². The lowest BCUT2D eigenvalue weighted by Gasteiger charge is -2.11. The molecule has 0 bridgehead atoms. The van der Waals surface area contributed by atoms with Gasteiger partial charge in [-0.25, -0.2) is 4.39 Å². The maximum atomic E-state index is 13.5. The maximum absolute atomic E-state index is 13.5. The minimum absolute atomic E-state index is 0.0590. The van der Waals surface area contributed by atoms with Gasteiger partial charge < -0.3 is 0 Å². The Morgan fingerprint density at radius 1 is 1.11 bits per heavy atom. The lowest BCUT2D eigenvalue weighted by molar-refractivity contribution is -0.137. The molecule has 0 aliphatic heterocycles. The minimum Gasteiger partial charge on any atom is -0.253 e. The quantitative estimate of drug-likeness (QED) is 0.695. The molecule has 94 valence electrons. The Morgan fingerprint density at radius 3 is 2.39 bits per heavy atom. The van der Waals surface area contributed by atoms with Crippen LogP contribution in [-0.2, 0) is 6.18 Å². The predicted molar refractivity (Wildman–Crippen MR) is 59.4 cm³/mol. The molecule has 0 amide bonds. The van der Waals surface area contributed by atoms with E-state index in [0.717, 1.165) is 12.1 Å². The van der Waals surface area contributed by atoms with Crippen LogP contribution >= 0.6 is 0 Å². The molecular formula is C13H9F4N. The van der Waals surface area contributed by atoms with Crippen LogP contribution in [0.4, 0.5) is 17.6 Å². The second-order valence-corrected chi connectivity index (χ2v) is 3.86. The summed E-state index contributed by atoms with van der Waals surface area (Å²) in [6, 6.07) is 5.81. The van der Waals surface area contributed by atoms with Gasteiger partial charge in [0.25, 0.3) is 0 Å². The zero-order chi connectivity index (χ0) is 13.3. The highest BCUT2D eigenvalue weighted by Crippen LogP contribution is 2.33. The van der Waals surface area contributed by atoms with Gasteiger partial charge in [-0.05, 0) is 36.8 Å². The normalized spacial score (nSPS) is 11.6. The Kier molecular flexibility index (Phi) is 3.07. The number of aromatic nitrogens is 1. The largest absolute Gasteiger partial charge is 0.416 e. The van der Waals surface area contributed by atoms with E-state index < -0.39 is 17.6 Å². The van der Waals surface area contributed by atoms with Gasteiger partial charge >= 0.3 is 6.18 Å². The molecule has 0 radical (unpaired) electrons. The van der Waals surface area contributed by atoms with Crippen molar-refractivity contribution >= 4 is 0 Å². The van der Waals surface area contributed by atoms with E-state index in [9.17, 15) is 17.6 Å². The summed E-state index contributed by atoms with van der Waals surface area (Å²) in [6.45, 7) is 1.50. The average Bonchev–Trinajstić information content (AvgIpc) is 2.29. The monoisotopic (exact) mass is 255 g/mol. The summed E-state index contributed by atoms with van der Waals surface area (Å²) in [4.78, 5) is 3.84. The van der Waals surface area contributed by atoms with Crippen molar-refractivity contribution in [1.82, 2.24) is 4.98 Å². The molecule has 0 saturated carbocycles. The van der Waals surface area contributed by atoms with Crippen molar-refractivity contribution in [3.8, 4) is 11.3 Å². The molecule has 0 aliphatic rings. The van der Waals surface area contributed by atoms with Gasteiger partial charge in [-0.1, -0.05) is 6.07 Å². The van der Waals surface area contributed by atoms with Crippen LogP contribution in [0.2, 0.25) is 0 Å². The van der Waals surface area contributed by atoms with Crippen molar-refractivity contribution in [3.63, 3.8) is 0 Å². The van der Waals surface area contributed by atoms with Crippen LogP contribution in [0, 0.1) is 12.7 Å². The second kappa shape index (κ2) is 4.40. The van der Waals surface area contributed by atoms with E-state index >= 15 is 0 Å². The van der Waals surface area contributed by atoms with Crippen molar-refractivity contribution in [3.05, 3.63) is 53.5 Å². The van der Waals surface area contributed by atoms with Crippen LogP contribution in [0.15, 0.2) is 36.5 Å². The molecule has 1 aromatic heterocycles. The van der Waals surface area contributed by atoms with E-state index in [2.05, 4.69) is 4.98 Å². The number of hydrogen-bond acceptors (Lipinski definition) is 1. The predicted octanol–water partition coefficient (Wildman–Crippen LogP) is 4.21. The number of alkyl halides is 3. The van der Waals surface area contributed by atoms with E-state index in [1.54, 1.807) is 0 Å². The number of aryl methyl sites for hydroxylation is 1. The molecule has 2 aromatic rings. The standard InChI is InChI=1S/C13H9F4N/c1-8-7-9(13(15,16)17)4-5-10(8)12-11(14)3-2-6-18-12/h2-7H,1H3. The molecule has 0 atom stereocenters. The number of rotatable bonds is 1. The van der Waals surface area contributed by atoms with Crippen molar-refractivity contribution in [1.29, 1.82) is 0 Å². The molecule has 0 saturated heterocycles. The molecule has 0 aliphatic carbocycles. The zero-order valence-corrected chi connectivity index (χ0v) is 9.42. The first kappa shape index (κ1) is 12.5. The van der Waals surface area contributed by atoms with Gasteiger partial charge in [0.15, 0.2) is 0 Å². The summed E-state index contributed by atoms with van der Waals surface area (Å²) in [6.07, 6.45) is -3.00. The van der Waals surface area contributed by atoms with Gasteiger partial charge in [0.1, 0.15) is 11.5 Å². The van der Waals surface area contributed by atoms with E-state index in [-0.39, 0.29) is 5.69 Å². The average molecular weight is 255 g/mol.